The molecule has 17 heavy (non-hydrogen) atoms. The maximum absolute atomic E-state index is 11.2. The van der Waals surface area contributed by atoms with Crippen molar-refractivity contribution in [3.63, 3.8) is 0 Å². The van der Waals surface area contributed by atoms with Crippen LogP contribution < -0.4 is 11.1 Å². The van der Waals surface area contributed by atoms with Gasteiger partial charge >= 0.3 is 11.8 Å². The second-order valence-electron chi connectivity index (χ2n) is 4.54. The molecule has 1 heterocycles. The first kappa shape index (κ1) is 13.3. The number of rotatable bonds is 4. The lowest BCUT2D eigenvalue weighted by Gasteiger charge is -2.19. The van der Waals surface area contributed by atoms with Crippen molar-refractivity contribution in [3.8, 4) is 0 Å². The van der Waals surface area contributed by atoms with Crippen molar-refractivity contribution < 1.29 is 13.9 Å². The summed E-state index contributed by atoms with van der Waals surface area (Å²) in [6.45, 7) is 5.83. The van der Waals surface area contributed by atoms with Crippen molar-refractivity contribution in [2.75, 3.05) is 6.54 Å². The zero-order valence-corrected chi connectivity index (χ0v) is 10.2. The van der Waals surface area contributed by atoms with E-state index in [2.05, 4.69) is 15.5 Å². The molecule has 2 N–H and O–H groups in total. The van der Waals surface area contributed by atoms with Crippen molar-refractivity contribution in [2.24, 2.45) is 0 Å². The number of hydrogen-bond donors (Lipinski definition) is 2. The van der Waals surface area contributed by atoms with Gasteiger partial charge in [-0.2, -0.15) is 0 Å². The van der Waals surface area contributed by atoms with Crippen LogP contribution in [0.5, 0.6) is 0 Å². The maximum Gasteiger partial charge on any atom is 0.434 e. The van der Waals surface area contributed by atoms with Gasteiger partial charge in [0.1, 0.15) is 5.60 Å². The maximum atomic E-state index is 11.2. The summed E-state index contributed by atoms with van der Waals surface area (Å²) >= 11 is 0. The molecule has 1 rings (SSSR count). The van der Waals surface area contributed by atoms with Crippen molar-refractivity contribution in [1.82, 2.24) is 15.5 Å². The number of aryl methyl sites for hydroxylation is 1. The molecule has 0 aliphatic heterocycles. The molecule has 0 aliphatic carbocycles. The van der Waals surface area contributed by atoms with Crippen LogP contribution in [0.15, 0.2) is 9.21 Å². The predicted molar refractivity (Wildman–Crippen MR) is 59.7 cm³/mol. The van der Waals surface area contributed by atoms with Crippen LogP contribution in [0.4, 0.5) is 4.79 Å². The number of nitrogens with zero attached hydrogens (tertiary/aromatic N) is 1. The number of aromatic amines is 1. The normalized spacial score (nSPS) is 11.2. The van der Waals surface area contributed by atoms with E-state index in [1.165, 1.54) is 0 Å². The first-order valence-corrected chi connectivity index (χ1v) is 5.38. The average Bonchev–Trinajstić information content (AvgIpc) is 2.56. The SMILES string of the molecule is CC(C)(C)OC(=O)NCCCc1n[nH]c(=O)o1. The van der Waals surface area contributed by atoms with Crippen LogP contribution in [0.1, 0.15) is 33.1 Å². The Labute approximate surface area is 98.5 Å². The largest absolute Gasteiger partial charge is 0.444 e. The molecular weight excluding hydrogens is 226 g/mol. The van der Waals surface area contributed by atoms with Gasteiger partial charge in [0.05, 0.1) is 0 Å². The topological polar surface area (TPSA) is 97.2 Å². The molecule has 7 nitrogen and oxygen atoms in total. The molecular formula is C10H17N3O4. The quantitative estimate of drug-likeness (QED) is 0.763. The number of aromatic nitrogens is 2. The van der Waals surface area contributed by atoms with Crippen molar-refractivity contribution >= 4 is 6.09 Å². The molecule has 0 fully saturated rings. The van der Waals surface area contributed by atoms with Gasteiger partial charge in [-0.05, 0) is 27.2 Å². The molecule has 0 aromatic carbocycles. The van der Waals surface area contributed by atoms with Gasteiger partial charge in [0.2, 0.25) is 5.89 Å². The lowest BCUT2D eigenvalue weighted by Crippen LogP contribution is -2.33. The van der Waals surface area contributed by atoms with Crippen LogP contribution >= 0.6 is 0 Å². The van der Waals surface area contributed by atoms with Gasteiger partial charge in [0.15, 0.2) is 0 Å². The van der Waals surface area contributed by atoms with E-state index in [0.717, 1.165) is 0 Å². The lowest BCUT2D eigenvalue weighted by atomic mass is 10.2. The van der Waals surface area contributed by atoms with E-state index in [1.807, 2.05) is 0 Å². The minimum Gasteiger partial charge on any atom is -0.444 e. The van der Waals surface area contributed by atoms with Gasteiger partial charge in [-0.1, -0.05) is 0 Å². The van der Waals surface area contributed by atoms with E-state index in [9.17, 15) is 9.59 Å². The molecule has 0 aliphatic rings. The second-order valence-corrected chi connectivity index (χ2v) is 4.54. The molecule has 0 atom stereocenters. The van der Waals surface area contributed by atoms with Crippen LogP contribution in [0.25, 0.3) is 0 Å². The Kier molecular flexibility index (Phi) is 4.30. The van der Waals surface area contributed by atoms with E-state index >= 15 is 0 Å². The molecule has 0 saturated heterocycles. The van der Waals surface area contributed by atoms with E-state index in [1.54, 1.807) is 20.8 Å². The van der Waals surface area contributed by atoms with Gasteiger partial charge in [-0.15, -0.1) is 5.10 Å². The van der Waals surface area contributed by atoms with E-state index in [0.29, 0.717) is 25.3 Å². The summed E-state index contributed by atoms with van der Waals surface area (Å²) in [4.78, 5) is 21.9. The highest BCUT2D eigenvalue weighted by atomic mass is 16.6. The Hall–Kier alpha value is -1.79. The van der Waals surface area contributed by atoms with Crippen LogP contribution in [0.3, 0.4) is 0 Å². The number of amides is 1. The number of ether oxygens (including phenoxy) is 1. The molecule has 0 bridgehead atoms. The second kappa shape index (κ2) is 5.51. The van der Waals surface area contributed by atoms with Crippen molar-refractivity contribution in [3.05, 3.63) is 16.4 Å². The number of alkyl carbamates (subject to hydrolysis) is 1. The zero-order valence-electron chi connectivity index (χ0n) is 10.2. The Morgan fingerprint density at radius 2 is 2.24 bits per heavy atom. The molecule has 7 heteroatoms. The van der Waals surface area contributed by atoms with Gasteiger partial charge in [0, 0.05) is 13.0 Å². The predicted octanol–water partition coefficient (Wildman–Crippen LogP) is 0.820. The summed E-state index contributed by atoms with van der Waals surface area (Å²) in [6, 6.07) is 0. The molecule has 1 aromatic rings. The fraction of sp³-hybridized carbons (Fsp3) is 0.700. The van der Waals surface area contributed by atoms with Crippen molar-refractivity contribution in [2.45, 2.75) is 39.2 Å². The summed E-state index contributed by atoms with van der Waals surface area (Å²) in [5, 5.41) is 8.41. The Balaban J connectivity index is 2.16. The van der Waals surface area contributed by atoms with E-state index in [4.69, 9.17) is 9.15 Å². The van der Waals surface area contributed by atoms with Gasteiger partial charge in [-0.25, -0.2) is 14.7 Å². The summed E-state index contributed by atoms with van der Waals surface area (Å²) in [6.07, 6.45) is 0.641. The molecule has 96 valence electrons. The lowest BCUT2D eigenvalue weighted by molar-refractivity contribution is 0.0527. The number of carbonyl (C=O) groups is 1. The first-order valence-electron chi connectivity index (χ1n) is 5.38. The molecule has 0 saturated carbocycles. The average molecular weight is 243 g/mol. The Morgan fingerprint density at radius 1 is 1.53 bits per heavy atom. The van der Waals surface area contributed by atoms with Crippen LogP contribution in [0.2, 0.25) is 0 Å². The minimum atomic E-state index is -0.569. The van der Waals surface area contributed by atoms with Crippen LogP contribution in [-0.4, -0.2) is 28.4 Å². The highest BCUT2D eigenvalue weighted by Gasteiger charge is 2.15. The first-order chi connectivity index (χ1) is 7.87. The summed E-state index contributed by atoms with van der Waals surface area (Å²) in [5.74, 6) is -0.235. The summed E-state index contributed by atoms with van der Waals surface area (Å²) < 4.78 is 9.75. The Morgan fingerprint density at radius 3 is 2.76 bits per heavy atom. The van der Waals surface area contributed by atoms with Crippen molar-refractivity contribution in [1.29, 1.82) is 0 Å². The smallest absolute Gasteiger partial charge is 0.434 e. The van der Waals surface area contributed by atoms with E-state index < -0.39 is 17.5 Å². The molecule has 0 radical (unpaired) electrons. The fourth-order valence-electron chi connectivity index (χ4n) is 1.11. The van der Waals surface area contributed by atoms with Gasteiger partial charge < -0.3 is 14.5 Å². The summed E-state index contributed by atoms with van der Waals surface area (Å²) in [7, 11) is 0. The number of H-pyrrole nitrogens is 1. The fourth-order valence-corrected chi connectivity index (χ4v) is 1.11. The zero-order chi connectivity index (χ0) is 12.9. The highest BCUT2D eigenvalue weighted by molar-refractivity contribution is 5.67. The third-order valence-electron chi connectivity index (χ3n) is 1.72. The highest BCUT2D eigenvalue weighted by Crippen LogP contribution is 2.06. The standard InChI is InChI=1S/C10H17N3O4/c1-10(2,3)17-8(14)11-6-4-5-7-12-13-9(15)16-7/h4-6H2,1-3H3,(H,11,14)(H,13,15). The Bertz CT molecular complexity index is 416. The molecule has 0 unspecified atom stereocenters. The van der Waals surface area contributed by atoms with E-state index in [-0.39, 0.29) is 0 Å². The monoisotopic (exact) mass is 243 g/mol. The molecule has 1 amide bonds. The summed E-state index contributed by atoms with van der Waals surface area (Å²) in [5.41, 5.74) is -0.501. The van der Waals surface area contributed by atoms with Crippen LogP contribution in [0, 0.1) is 0 Å². The van der Waals surface area contributed by atoms with Crippen LogP contribution in [-0.2, 0) is 11.2 Å². The van der Waals surface area contributed by atoms with Gasteiger partial charge in [-0.3, -0.25) is 0 Å². The van der Waals surface area contributed by atoms with Gasteiger partial charge in [0.25, 0.3) is 0 Å². The minimum absolute atomic E-state index is 0.334. The number of carbonyl (C=O) groups excluding carboxylic acids is 1. The number of nitrogens with one attached hydrogen (secondary N) is 2. The molecule has 1 aromatic heterocycles. The molecule has 0 spiro atoms. The number of hydrogen-bond acceptors (Lipinski definition) is 5. The third kappa shape index (κ3) is 5.74. The third-order valence-corrected chi connectivity index (χ3v) is 1.72.